The van der Waals surface area contributed by atoms with E-state index in [0.717, 1.165) is 45.2 Å². The summed E-state index contributed by atoms with van der Waals surface area (Å²) in [6.07, 6.45) is 5.28. The molecule has 0 spiro atoms. The Kier molecular flexibility index (Phi) is 6.44. The molecule has 0 aliphatic carbocycles. The highest BCUT2D eigenvalue weighted by atomic mass is 16.2. The molecule has 1 unspecified atom stereocenters. The Morgan fingerprint density at radius 2 is 2.14 bits per heavy atom. The molecule has 1 heterocycles. The molecule has 0 radical (unpaired) electrons. The molecule has 1 fully saturated rings. The van der Waals surface area contributed by atoms with Crippen molar-refractivity contribution in [2.75, 3.05) is 19.6 Å². The summed E-state index contributed by atoms with van der Waals surface area (Å²) in [6.45, 7) is 4.25. The van der Waals surface area contributed by atoms with Crippen molar-refractivity contribution in [2.24, 2.45) is 0 Å². The highest BCUT2D eigenvalue weighted by Gasteiger charge is 2.26. The lowest BCUT2D eigenvalue weighted by Gasteiger charge is -2.29. The molecule has 4 nitrogen and oxygen atoms in total. The van der Waals surface area contributed by atoms with Gasteiger partial charge in [-0.15, -0.1) is 0 Å². The molecule has 0 aromatic heterocycles. The normalized spacial score (nSPS) is 17.5. The summed E-state index contributed by atoms with van der Waals surface area (Å²) in [5, 5.41) is 0. The van der Waals surface area contributed by atoms with E-state index in [2.05, 4.69) is 12.1 Å². The number of hydrogen-bond donors (Lipinski definition) is 0. The standard InChI is InChI=1S/C18H26N2O2/c1-2-7-18(22)19(13-11-16-8-4-3-5-9-16)14-17-10-6-12-20(17)15-21/h3-5,8-9,15,17H,2,6-7,10-14H2,1H3. The molecule has 0 N–H and O–H groups in total. The zero-order valence-corrected chi connectivity index (χ0v) is 13.4. The molecule has 4 heteroatoms. The van der Waals surface area contributed by atoms with E-state index in [4.69, 9.17) is 0 Å². The summed E-state index contributed by atoms with van der Waals surface area (Å²) in [7, 11) is 0. The number of benzene rings is 1. The van der Waals surface area contributed by atoms with Crippen LogP contribution in [0.1, 0.15) is 38.2 Å². The molecular weight excluding hydrogens is 276 g/mol. The van der Waals surface area contributed by atoms with E-state index in [9.17, 15) is 9.59 Å². The van der Waals surface area contributed by atoms with Gasteiger partial charge in [0.05, 0.1) is 0 Å². The summed E-state index contributed by atoms with van der Waals surface area (Å²) >= 11 is 0. The van der Waals surface area contributed by atoms with E-state index in [1.807, 2.05) is 34.9 Å². The number of hydrogen-bond acceptors (Lipinski definition) is 2. The van der Waals surface area contributed by atoms with Crippen LogP contribution in [-0.4, -0.2) is 47.8 Å². The molecule has 0 saturated carbocycles. The fraction of sp³-hybridized carbons (Fsp3) is 0.556. The van der Waals surface area contributed by atoms with Crippen molar-refractivity contribution in [2.45, 2.75) is 45.1 Å². The third-order valence-corrected chi connectivity index (χ3v) is 4.32. The van der Waals surface area contributed by atoms with Crippen molar-refractivity contribution in [3.8, 4) is 0 Å². The molecule has 1 saturated heterocycles. The Hall–Kier alpha value is -1.84. The second-order valence-electron chi connectivity index (χ2n) is 5.96. The third kappa shape index (κ3) is 4.58. The average molecular weight is 302 g/mol. The van der Waals surface area contributed by atoms with Gasteiger partial charge in [-0.05, 0) is 31.2 Å². The molecule has 2 rings (SSSR count). The number of amides is 2. The highest BCUT2D eigenvalue weighted by molar-refractivity contribution is 5.76. The monoisotopic (exact) mass is 302 g/mol. The quantitative estimate of drug-likeness (QED) is 0.692. The van der Waals surface area contributed by atoms with Crippen molar-refractivity contribution in [3.05, 3.63) is 35.9 Å². The van der Waals surface area contributed by atoms with Crippen molar-refractivity contribution in [1.82, 2.24) is 9.80 Å². The molecule has 1 atom stereocenters. The lowest BCUT2D eigenvalue weighted by atomic mass is 10.1. The minimum absolute atomic E-state index is 0.189. The van der Waals surface area contributed by atoms with Crippen LogP contribution in [0.4, 0.5) is 0 Å². The van der Waals surface area contributed by atoms with Crippen LogP contribution in [0.2, 0.25) is 0 Å². The SMILES string of the molecule is CCCC(=O)N(CCc1ccccc1)CC1CCCN1C=O. The van der Waals surface area contributed by atoms with E-state index in [0.29, 0.717) is 13.0 Å². The van der Waals surface area contributed by atoms with E-state index < -0.39 is 0 Å². The van der Waals surface area contributed by atoms with Gasteiger partial charge >= 0.3 is 0 Å². The van der Waals surface area contributed by atoms with Gasteiger partial charge in [0, 0.05) is 32.1 Å². The van der Waals surface area contributed by atoms with Crippen molar-refractivity contribution >= 4 is 12.3 Å². The Labute approximate surface area is 133 Å². The third-order valence-electron chi connectivity index (χ3n) is 4.32. The smallest absolute Gasteiger partial charge is 0.222 e. The molecule has 120 valence electrons. The number of rotatable bonds is 8. The molecule has 1 aliphatic rings. The molecule has 1 aliphatic heterocycles. The van der Waals surface area contributed by atoms with Crippen LogP contribution in [0.15, 0.2) is 30.3 Å². The fourth-order valence-electron chi connectivity index (χ4n) is 3.05. The van der Waals surface area contributed by atoms with E-state index in [1.54, 1.807) is 0 Å². The second-order valence-corrected chi connectivity index (χ2v) is 5.96. The summed E-state index contributed by atoms with van der Waals surface area (Å²) in [4.78, 5) is 27.3. The first kappa shape index (κ1) is 16.5. The number of carbonyl (C=O) groups is 2. The Bertz CT molecular complexity index is 475. The summed E-state index contributed by atoms with van der Waals surface area (Å²) in [6, 6.07) is 10.4. The van der Waals surface area contributed by atoms with E-state index in [1.165, 1.54) is 5.56 Å². The van der Waals surface area contributed by atoms with Gasteiger partial charge in [-0.1, -0.05) is 37.3 Å². The van der Waals surface area contributed by atoms with Crippen LogP contribution in [0.25, 0.3) is 0 Å². The first-order valence-electron chi connectivity index (χ1n) is 8.27. The molecule has 0 bridgehead atoms. The predicted molar refractivity (Wildman–Crippen MR) is 87.4 cm³/mol. The van der Waals surface area contributed by atoms with Gasteiger partial charge in [0.1, 0.15) is 0 Å². The molecule has 1 aromatic carbocycles. The van der Waals surface area contributed by atoms with Crippen LogP contribution in [0, 0.1) is 0 Å². The summed E-state index contributed by atoms with van der Waals surface area (Å²) in [5.41, 5.74) is 1.25. The van der Waals surface area contributed by atoms with Crippen LogP contribution < -0.4 is 0 Å². The molecule has 2 amide bonds. The minimum Gasteiger partial charge on any atom is -0.340 e. The van der Waals surface area contributed by atoms with Crippen molar-refractivity contribution < 1.29 is 9.59 Å². The van der Waals surface area contributed by atoms with Crippen molar-refractivity contribution in [1.29, 1.82) is 0 Å². The first-order valence-corrected chi connectivity index (χ1v) is 8.27. The van der Waals surface area contributed by atoms with E-state index >= 15 is 0 Å². The van der Waals surface area contributed by atoms with Gasteiger partial charge in [-0.3, -0.25) is 9.59 Å². The lowest BCUT2D eigenvalue weighted by Crippen LogP contribution is -2.43. The highest BCUT2D eigenvalue weighted by Crippen LogP contribution is 2.17. The molecule has 1 aromatic rings. The van der Waals surface area contributed by atoms with Gasteiger partial charge in [0.15, 0.2) is 0 Å². The predicted octanol–water partition coefficient (Wildman–Crippen LogP) is 2.48. The number of carbonyl (C=O) groups excluding carboxylic acids is 2. The van der Waals surface area contributed by atoms with Gasteiger partial charge in [0.2, 0.25) is 12.3 Å². The largest absolute Gasteiger partial charge is 0.340 e. The Morgan fingerprint density at radius 3 is 2.82 bits per heavy atom. The number of likely N-dealkylation sites (tertiary alicyclic amines) is 1. The average Bonchev–Trinajstić information content (AvgIpc) is 2.99. The topological polar surface area (TPSA) is 40.6 Å². The van der Waals surface area contributed by atoms with Crippen LogP contribution in [0.3, 0.4) is 0 Å². The Morgan fingerprint density at radius 1 is 1.36 bits per heavy atom. The second kappa shape index (κ2) is 8.57. The molecule has 22 heavy (non-hydrogen) atoms. The van der Waals surface area contributed by atoms with Crippen LogP contribution in [0.5, 0.6) is 0 Å². The number of nitrogens with zero attached hydrogens (tertiary/aromatic N) is 2. The van der Waals surface area contributed by atoms with Crippen LogP contribution in [-0.2, 0) is 16.0 Å². The minimum atomic E-state index is 0.189. The maximum Gasteiger partial charge on any atom is 0.222 e. The molecular formula is C18H26N2O2. The van der Waals surface area contributed by atoms with Gasteiger partial charge in [-0.25, -0.2) is 0 Å². The summed E-state index contributed by atoms with van der Waals surface area (Å²) in [5.74, 6) is 0.205. The van der Waals surface area contributed by atoms with Crippen LogP contribution >= 0.6 is 0 Å². The lowest BCUT2D eigenvalue weighted by molar-refractivity contribution is -0.133. The van der Waals surface area contributed by atoms with Gasteiger partial charge in [-0.2, -0.15) is 0 Å². The Balaban J connectivity index is 1.96. The van der Waals surface area contributed by atoms with Crippen molar-refractivity contribution in [3.63, 3.8) is 0 Å². The maximum absolute atomic E-state index is 12.4. The fourth-order valence-corrected chi connectivity index (χ4v) is 3.05. The summed E-state index contributed by atoms with van der Waals surface area (Å²) < 4.78 is 0. The van der Waals surface area contributed by atoms with E-state index in [-0.39, 0.29) is 11.9 Å². The zero-order chi connectivity index (χ0) is 15.8. The maximum atomic E-state index is 12.4. The zero-order valence-electron chi connectivity index (χ0n) is 13.4. The van der Waals surface area contributed by atoms with Gasteiger partial charge < -0.3 is 9.80 Å². The first-order chi connectivity index (χ1) is 10.7. The van der Waals surface area contributed by atoms with Gasteiger partial charge in [0.25, 0.3) is 0 Å².